The zero-order valence-corrected chi connectivity index (χ0v) is 22.2. The maximum Gasteiger partial charge on any atom is 0.243 e. The molecule has 7 nitrogen and oxygen atoms in total. The number of hydrogen-bond acceptors (Lipinski definition) is 4. The minimum Gasteiger partial charge on any atom is -0.368 e. The third kappa shape index (κ3) is 7.96. The summed E-state index contributed by atoms with van der Waals surface area (Å²) >= 11 is 0. The highest BCUT2D eigenvalue weighted by Crippen LogP contribution is 2.31. The SMILES string of the molecule is CCC[C@@H](C(=O)N[C@@H](CC(C)C)C(N)=O)N1CC[C@@](CCC)(NCCCC2CCCCC2)C1=O. The molecule has 0 radical (unpaired) electrons. The summed E-state index contributed by atoms with van der Waals surface area (Å²) in [6.07, 6.45) is 13.4. The van der Waals surface area contributed by atoms with Gasteiger partial charge in [0.2, 0.25) is 17.7 Å². The zero-order chi connectivity index (χ0) is 25.1. The third-order valence-corrected chi connectivity index (χ3v) is 7.71. The second-order valence-corrected chi connectivity index (χ2v) is 11.1. The van der Waals surface area contributed by atoms with Crippen LogP contribution in [0.3, 0.4) is 0 Å². The maximum atomic E-state index is 13.7. The van der Waals surface area contributed by atoms with Crippen molar-refractivity contribution in [2.24, 2.45) is 17.6 Å². The van der Waals surface area contributed by atoms with Gasteiger partial charge in [-0.2, -0.15) is 0 Å². The van der Waals surface area contributed by atoms with E-state index >= 15 is 0 Å². The molecule has 0 spiro atoms. The monoisotopic (exact) mass is 478 g/mol. The molecular formula is C27H50N4O3. The summed E-state index contributed by atoms with van der Waals surface area (Å²) < 4.78 is 0. The molecule has 0 aromatic carbocycles. The highest BCUT2D eigenvalue weighted by molar-refractivity contribution is 5.95. The minimum absolute atomic E-state index is 0.0418. The zero-order valence-electron chi connectivity index (χ0n) is 22.2. The number of nitrogens with one attached hydrogen (secondary N) is 2. The van der Waals surface area contributed by atoms with Crippen LogP contribution < -0.4 is 16.4 Å². The molecule has 3 amide bonds. The van der Waals surface area contributed by atoms with E-state index in [1.807, 2.05) is 20.8 Å². The predicted octanol–water partition coefficient (Wildman–Crippen LogP) is 3.89. The van der Waals surface area contributed by atoms with Crippen LogP contribution in [0, 0.1) is 11.8 Å². The average Bonchev–Trinajstić information content (AvgIpc) is 3.11. The van der Waals surface area contributed by atoms with E-state index in [4.69, 9.17) is 5.73 Å². The van der Waals surface area contributed by atoms with E-state index in [9.17, 15) is 14.4 Å². The van der Waals surface area contributed by atoms with Crippen LogP contribution in [0.4, 0.5) is 0 Å². The first-order valence-electron chi connectivity index (χ1n) is 13.9. The van der Waals surface area contributed by atoms with Gasteiger partial charge in [0.05, 0.1) is 5.54 Å². The Morgan fingerprint density at radius 2 is 1.85 bits per heavy atom. The molecule has 7 heteroatoms. The quantitative estimate of drug-likeness (QED) is 0.311. The maximum absolute atomic E-state index is 13.7. The van der Waals surface area contributed by atoms with Gasteiger partial charge in [-0.3, -0.25) is 14.4 Å². The van der Waals surface area contributed by atoms with Crippen molar-refractivity contribution in [3.8, 4) is 0 Å². The number of amides is 3. The van der Waals surface area contributed by atoms with Gasteiger partial charge in [0, 0.05) is 6.54 Å². The van der Waals surface area contributed by atoms with E-state index in [-0.39, 0.29) is 17.7 Å². The van der Waals surface area contributed by atoms with Crippen molar-refractivity contribution in [3.63, 3.8) is 0 Å². The fourth-order valence-corrected chi connectivity index (χ4v) is 5.88. The molecule has 0 unspecified atom stereocenters. The van der Waals surface area contributed by atoms with Gasteiger partial charge >= 0.3 is 0 Å². The lowest BCUT2D eigenvalue weighted by Gasteiger charge is -2.33. The van der Waals surface area contributed by atoms with Crippen molar-refractivity contribution in [2.75, 3.05) is 13.1 Å². The van der Waals surface area contributed by atoms with E-state index in [2.05, 4.69) is 17.6 Å². The number of nitrogens with two attached hydrogens (primary N) is 1. The molecule has 1 aliphatic carbocycles. The van der Waals surface area contributed by atoms with Crippen LogP contribution in [0.1, 0.15) is 111 Å². The van der Waals surface area contributed by atoms with Crippen molar-refractivity contribution in [3.05, 3.63) is 0 Å². The fourth-order valence-electron chi connectivity index (χ4n) is 5.88. The molecule has 34 heavy (non-hydrogen) atoms. The molecular weight excluding hydrogens is 428 g/mol. The van der Waals surface area contributed by atoms with Crippen molar-refractivity contribution in [1.29, 1.82) is 0 Å². The molecule has 0 aromatic rings. The van der Waals surface area contributed by atoms with Gasteiger partial charge in [-0.1, -0.05) is 72.6 Å². The van der Waals surface area contributed by atoms with E-state index in [0.29, 0.717) is 19.4 Å². The normalized spacial score (nSPS) is 23.3. The smallest absolute Gasteiger partial charge is 0.243 e. The number of hydrogen-bond donors (Lipinski definition) is 3. The third-order valence-electron chi connectivity index (χ3n) is 7.71. The summed E-state index contributed by atoms with van der Waals surface area (Å²) in [7, 11) is 0. The van der Waals surface area contributed by atoms with Crippen LogP contribution >= 0.6 is 0 Å². The van der Waals surface area contributed by atoms with Crippen LogP contribution in [0.25, 0.3) is 0 Å². The first-order chi connectivity index (χ1) is 16.2. The Labute approximate surface area is 207 Å². The highest BCUT2D eigenvalue weighted by atomic mass is 16.2. The topological polar surface area (TPSA) is 105 Å². The summed E-state index contributed by atoms with van der Waals surface area (Å²) in [5.41, 5.74) is 4.97. The second-order valence-electron chi connectivity index (χ2n) is 11.1. The van der Waals surface area contributed by atoms with Gasteiger partial charge in [0.15, 0.2) is 0 Å². The largest absolute Gasteiger partial charge is 0.368 e. The number of nitrogens with zero attached hydrogens (tertiary/aromatic N) is 1. The molecule has 0 aromatic heterocycles. The van der Waals surface area contributed by atoms with Gasteiger partial charge in [-0.15, -0.1) is 0 Å². The van der Waals surface area contributed by atoms with Crippen molar-refractivity contribution in [1.82, 2.24) is 15.5 Å². The molecule has 2 aliphatic rings. The van der Waals surface area contributed by atoms with Crippen molar-refractivity contribution >= 4 is 17.7 Å². The number of carbonyl (C=O) groups is 3. The lowest BCUT2D eigenvalue weighted by molar-refractivity contribution is -0.142. The van der Waals surface area contributed by atoms with Crippen LogP contribution in [0.2, 0.25) is 0 Å². The first-order valence-corrected chi connectivity index (χ1v) is 13.9. The standard InChI is InChI=1S/C27H50N4O3/c1-5-11-23(25(33)30-22(24(28)32)19-20(3)4)31-18-16-27(15-6-2,26(31)34)29-17-10-14-21-12-8-7-9-13-21/h20-23,29H,5-19H2,1-4H3,(H2,28,32)(H,30,33)/t22-,23-,27+/m0/s1. The van der Waals surface area contributed by atoms with E-state index < -0.39 is 23.5 Å². The summed E-state index contributed by atoms with van der Waals surface area (Å²) in [6, 6.07) is -1.27. The summed E-state index contributed by atoms with van der Waals surface area (Å²) in [4.78, 5) is 40.6. The lowest BCUT2D eigenvalue weighted by Crippen LogP contribution is -2.57. The molecule has 3 atom stereocenters. The molecule has 1 saturated heterocycles. The van der Waals surface area contributed by atoms with Gasteiger partial charge in [0.1, 0.15) is 12.1 Å². The Balaban J connectivity index is 2.03. The Morgan fingerprint density at radius 1 is 1.15 bits per heavy atom. The van der Waals surface area contributed by atoms with E-state index in [1.165, 1.54) is 38.5 Å². The summed E-state index contributed by atoms with van der Waals surface area (Å²) in [5.74, 6) is 0.329. The number of primary amides is 1. The molecule has 1 saturated carbocycles. The van der Waals surface area contributed by atoms with Gasteiger partial charge in [0.25, 0.3) is 0 Å². The van der Waals surface area contributed by atoms with Crippen LogP contribution in [-0.4, -0.2) is 53.3 Å². The Bertz CT molecular complexity index is 662. The van der Waals surface area contributed by atoms with Crippen LogP contribution in [0.15, 0.2) is 0 Å². The van der Waals surface area contributed by atoms with Crippen molar-refractivity contribution in [2.45, 2.75) is 129 Å². The Hall–Kier alpha value is -1.63. The Kier molecular flexibility index (Phi) is 11.8. The lowest BCUT2D eigenvalue weighted by atomic mass is 9.86. The summed E-state index contributed by atoms with van der Waals surface area (Å²) in [6.45, 7) is 9.53. The first kappa shape index (κ1) is 28.6. The molecule has 1 aliphatic heterocycles. The molecule has 2 rings (SSSR count). The molecule has 1 heterocycles. The number of likely N-dealkylation sites (tertiary alicyclic amines) is 1. The predicted molar refractivity (Wildman–Crippen MR) is 137 cm³/mol. The summed E-state index contributed by atoms with van der Waals surface area (Å²) in [5, 5.41) is 6.49. The molecule has 0 bridgehead atoms. The fraction of sp³-hybridized carbons (Fsp3) is 0.889. The van der Waals surface area contributed by atoms with E-state index in [0.717, 1.165) is 44.6 Å². The van der Waals surface area contributed by atoms with Crippen LogP contribution in [0.5, 0.6) is 0 Å². The number of rotatable bonds is 15. The number of carbonyl (C=O) groups excluding carboxylic acids is 3. The molecule has 196 valence electrons. The van der Waals surface area contributed by atoms with Gasteiger partial charge in [-0.05, 0) is 56.9 Å². The van der Waals surface area contributed by atoms with E-state index in [1.54, 1.807) is 4.90 Å². The average molecular weight is 479 g/mol. The van der Waals surface area contributed by atoms with Crippen molar-refractivity contribution < 1.29 is 14.4 Å². The highest BCUT2D eigenvalue weighted by Gasteiger charge is 2.48. The molecule has 4 N–H and O–H groups in total. The molecule has 2 fully saturated rings. The Morgan fingerprint density at radius 3 is 2.44 bits per heavy atom. The van der Waals surface area contributed by atoms with Gasteiger partial charge < -0.3 is 21.3 Å². The minimum atomic E-state index is -0.706. The second kappa shape index (κ2) is 14.1. The van der Waals surface area contributed by atoms with Gasteiger partial charge in [-0.25, -0.2) is 0 Å². The van der Waals surface area contributed by atoms with Crippen LogP contribution in [-0.2, 0) is 14.4 Å².